The third kappa shape index (κ3) is 4.77. The Hall–Kier alpha value is -1.12. The molecule has 0 saturated carbocycles. The first-order valence-corrected chi connectivity index (χ1v) is 5.85. The quantitative estimate of drug-likeness (QED) is 0.486. The molecule has 0 N–H and O–H groups in total. The van der Waals surface area contributed by atoms with E-state index in [1.54, 1.807) is 6.07 Å². The maximum absolute atomic E-state index is 10.4. The zero-order chi connectivity index (χ0) is 10.9. The lowest BCUT2D eigenvalue weighted by Gasteiger charge is -2.01. The normalized spacial score (nSPS) is 10.5. The maximum atomic E-state index is 10.4. The molecule has 0 spiro atoms. The SMILES string of the molecule is CCCCCCCCn1ccc(C=O)n1. The van der Waals surface area contributed by atoms with Gasteiger partial charge in [-0.25, -0.2) is 0 Å². The molecule has 0 bridgehead atoms. The van der Waals surface area contributed by atoms with Crippen molar-refractivity contribution < 1.29 is 4.79 Å². The fourth-order valence-corrected chi connectivity index (χ4v) is 1.62. The highest BCUT2D eigenvalue weighted by atomic mass is 16.1. The van der Waals surface area contributed by atoms with E-state index in [0.717, 1.165) is 19.3 Å². The number of carbonyl (C=O) groups is 1. The van der Waals surface area contributed by atoms with E-state index in [2.05, 4.69) is 12.0 Å². The van der Waals surface area contributed by atoms with Crippen LogP contribution in [0.5, 0.6) is 0 Å². The van der Waals surface area contributed by atoms with E-state index in [9.17, 15) is 4.79 Å². The summed E-state index contributed by atoms with van der Waals surface area (Å²) in [6.45, 7) is 3.16. The fraction of sp³-hybridized carbons (Fsp3) is 0.667. The zero-order valence-corrected chi connectivity index (χ0v) is 9.48. The summed E-state index contributed by atoms with van der Waals surface area (Å²) in [6, 6.07) is 1.75. The van der Waals surface area contributed by atoms with Crippen LogP contribution in [0.4, 0.5) is 0 Å². The van der Waals surface area contributed by atoms with Gasteiger partial charge < -0.3 is 0 Å². The molecule has 0 atom stereocenters. The van der Waals surface area contributed by atoms with E-state index >= 15 is 0 Å². The average Bonchev–Trinajstić information content (AvgIpc) is 2.71. The molecular formula is C12H20N2O. The second kappa shape index (κ2) is 7.21. The third-order valence-electron chi connectivity index (χ3n) is 2.52. The monoisotopic (exact) mass is 208 g/mol. The van der Waals surface area contributed by atoms with Gasteiger partial charge in [-0.3, -0.25) is 9.48 Å². The number of hydrogen-bond acceptors (Lipinski definition) is 2. The van der Waals surface area contributed by atoms with Crippen molar-refractivity contribution in [3.8, 4) is 0 Å². The summed E-state index contributed by atoms with van der Waals surface area (Å²) in [5.41, 5.74) is 0.529. The molecule has 84 valence electrons. The minimum absolute atomic E-state index is 0.529. The van der Waals surface area contributed by atoms with Crippen LogP contribution in [0.15, 0.2) is 12.3 Å². The number of hydrogen-bond donors (Lipinski definition) is 0. The summed E-state index contributed by atoms with van der Waals surface area (Å²) in [4.78, 5) is 10.4. The molecule has 3 heteroatoms. The highest BCUT2D eigenvalue weighted by molar-refractivity contribution is 5.71. The van der Waals surface area contributed by atoms with Crippen molar-refractivity contribution in [1.82, 2.24) is 9.78 Å². The molecule has 0 amide bonds. The lowest BCUT2D eigenvalue weighted by molar-refractivity contribution is 0.111. The number of nitrogens with zero attached hydrogens (tertiary/aromatic N) is 2. The Morgan fingerprint density at radius 3 is 2.67 bits per heavy atom. The van der Waals surface area contributed by atoms with Crippen LogP contribution in [-0.4, -0.2) is 16.1 Å². The molecule has 1 aromatic rings. The average molecular weight is 208 g/mol. The van der Waals surface area contributed by atoms with Gasteiger partial charge in [0.1, 0.15) is 5.69 Å². The minimum atomic E-state index is 0.529. The van der Waals surface area contributed by atoms with E-state index in [1.165, 1.54) is 32.1 Å². The Morgan fingerprint density at radius 2 is 2.00 bits per heavy atom. The van der Waals surface area contributed by atoms with E-state index in [1.807, 2.05) is 10.9 Å². The van der Waals surface area contributed by atoms with Gasteiger partial charge in [-0.1, -0.05) is 39.0 Å². The first-order chi connectivity index (χ1) is 7.36. The number of carbonyl (C=O) groups excluding carboxylic acids is 1. The molecule has 0 aliphatic heterocycles. The maximum Gasteiger partial charge on any atom is 0.170 e. The minimum Gasteiger partial charge on any atom is -0.296 e. The van der Waals surface area contributed by atoms with Crippen LogP contribution < -0.4 is 0 Å². The number of unbranched alkanes of at least 4 members (excludes halogenated alkanes) is 5. The Bertz CT molecular complexity index is 281. The lowest BCUT2D eigenvalue weighted by Crippen LogP contribution is -1.99. The number of aldehydes is 1. The molecule has 0 fully saturated rings. The van der Waals surface area contributed by atoms with Gasteiger partial charge >= 0.3 is 0 Å². The number of aromatic nitrogens is 2. The van der Waals surface area contributed by atoms with Gasteiger partial charge in [0.25, 0.3) is 0 Å². The van der Waals surface area contributed by atoms with Crippen molar-refractivity contribution in [2.45, 2.75) is 52.0 Å². The van der Waals surface area contributed by atoms with Crippen molar-refractivity contribution in [1.29, 1.82) is 0 Å². The molecule has 0 saturated heterocycles. The molecule has 1 aromatic heterocycles. The largest absolute Gasteiger partial charge is 0.296 e. The predicted octanol–water partition coefficient (Wildman–Crippen LogP) is 3.06. The van der Waals surface area contributed by atoms with Gasteiger partial charge in [0.2, 0.25) is 0 Å². The van der Waals surface area contributed by atoms with Crippen molar-refractivity contribution >= 4 is 6.29 Å². The molecule has 3 nitrogen and oxygen atoms in total. The van der Waals surface area contributed by atoms with Crippen LogP contribution in [0.1, 0.15) is 55.9 Å². The number of aryl methyl sites for hydroxylation is 1. The van der Waals surface area contributed by atoms with Crippen LogP contribution in [0.25, 0.3) is 0 Å². The Balaban J connectivity index is 2.07. The fourth-order valence-electron chi connectivity index (χ4n) is 1.62. The topological polar surface area (TPSA) is 34.9 Å². The van der Waals surface area contributed by atoms with Crippen molar-refractivity contribution in [2.24, 2.45) is 0 Å². The molecule has 1 heterocycles. The van der Waals surface area contributed by atoms with E-state index in [4.69, 9.17) is 0 Å². The summed E-state index contributed by atoms with van der Waals surface area (Å²) in [6.07, 6.45) is 10.4. The van der Waals surface area contributed by atoms with Crippen molar-refractivity contribution in [3.05, 3.63) is 18.0 Å². The molecule has 0 aliphatic carbocycles. The molecule has 0 aliphatic rings. The zero-order valence-electron chi connectivity index (χ0n) is 9.48. The summed E-state index contributed by atoms with van der Waals surface area (Å²) < 4.78 is 1.85. The molecule has 15 heavy (non-hydrogen) atoms. The summed E-state index contributed by atoms with van der Waals surface area (Å²) >= 11 is 0. The van der Waals surface area contributed by atoms with Gasteiger partial charge in [-0.2, -0.15) is 5.10 Å². The second-order valence-electron chi connectivity index (χ2n) is 3.89. The standard InChI is InChI=1S/C12H20N2O/c1-2-3-4-5-6-7-9-14-10-8-12(11-15)13-14/h8,10-11H,2-7,9H2,1H3. The van der Waals surface area contributed by atoms with Gasteiger partial charge in [0.15, 0.2) is 6.29 Å². The molecular weight excluding hydrogens is 188 g/mol. The molecule has 0 radical (unpaired) electrons. The van der Waals surface area contributed by atoms with Crippen LogP contribution in [0.3, 0.4) is 0 Å². The summed E-state index contributed by atoms with van der Waals surface area (Å²) in [7, 11) is 0. The van der Waals surface area contributed by atoms with Gasteiger partial charge in [0.05, 0.1) is 0 Å². The van der Waals surface area contributed by atoms with Gasteiger partial charge in [-0.05, 0) is 12.5 Å². The second-order valence-corrected chi connectivity index (χ2v) is 3.89. The van der Waals surface area contributed by atoms with Crippen molar-refractivity contribution in [2.75, 3.05) is 0 Å². The first-order valence-electron chi connectivity index (χ1n) is 5.85. The summed E-state index contributed by atoms with van der Waals surface area (Å²) in [5.74, 6) is 0. The third-order valence-corrected chi connectivity index (χ3v) is 2.52. The van der Waals surface area contributed by atoms with Gasteiger partial charge in [0, 0.05) is 12.7 Å². The highest BCUT2D eigenvalue weighted by Gasteiger charge is 1.96. The van der Waals surface area contributed by atoms with E-state index in [0.29, 0.717) is 5.69 Å². The van der Waals surface area contributed by atoms with Crippen LogP contribution in [0, 0.1) is 0 Å². The molecule has 0 aromatic carbocycles. The first kappa shape index (κ1) is 12.0. The van der Waals surface area contributed by atoms with Gasteiger partial charge in [-0.15, -0.1) is 0 Å². The molecule has 1 rings (SSSR count). The lowest BCUT2D eigenvalue weighted by atomic mass is 10.1. The predicted molar refractivity (Wildman–Crippen MR) is 61.0 cm³/mol. The van der Waals surface area contributed by atoms with Crippen molar-refractivity contribution in [3.63, 3.8) is 0 Å². The van der Waals surface area contributed by atoms with E-state index < -0.39 is 0 Å². The molecule has 0 unspecified atom stereocenters. The Labute approximate surface area is 91.5 Å². The van der Waals surface area contributed by atoms with E-state index in [-0.39, 0.29) is 0 Å². The number of rotatable bonds is 8. The highest BCUT2D eigenvalue weighted by Crippen LogP contribution is 2.06. The smallest absolute Gasteiger partial charge is 0.170 e. The van der Waals surface area contributed by atoms with Crippen LogP contribution in [-0.2, 0) is 6.54 Å². The van der Waals surface area contributed by atoms with Crippen LogP contribution >= 0.6 is 0 Å². The Morgan fingerprint density at radius 1 is 1.27 bits per heavy atom. The Kier molecular flexibility index (Phi) is 5.74. The van der Waals surface area contributed by atoms with Crippen LogP contribution in [0.2, 0.25) is 0 Å². The summed E-state index contributed by atoms with van der Waals surface area (Å²) in [5, 5.41) is 4.11.